The second kappa shape index (κ2) is 11.6. The number of nitrogens with zero attached hydrogens (tertiary/aromatic N) is 2. The Balaban J connectivity index is 0.00000392. The van der Waals surface area contributed by atoms with Gasteiger partial charge in [0.25, 0.3) is 5.91 Å². The third-order valence-corrected chi connectivity index (χ3v) is 5.43. The van der Waals surface area contributed by atoms with Gasteiger partial charge in [-0.15, -0.1) is 24.0 Å². The zero-order chi connectivity index (χ0) is 19.9. The predicted octanol–water partition coefficient (Wildman–Crippen LogP) is 4.28. The van der Waals surface area contributed by atoms with E-state index in [1.54, 1.807) is 19.0 Å². The van der Waals surface area contributed by atoms with Crippen LogP contribution in [0.3, 0.4) is 0 Å². The number of guanidine groups is 1. The maximum atomic E-state index is 12.0. The first-order valence-corrected chi connectivity index (χ1v) is 10.1. The monoisotopic (exact) mass is 500 g/mol. The molecule has 1 amide bonds. The van der Waals surface area contributed by atoms with Gasteiger partial charge in [-0.1, -0.05) is 38.8 Å². The Morgan fingerprint density at radius 3 is 2.25 bits per heavy atom. The largest absolute Gasteiger partial charge is 0.356 e. The first kappa shape index (κ1) is 24.7. The van der Waals surface area contributed by atoms with Gasteiger partial charge in [-0.2, -0.15) is 0 Å². The van der Waals surface area contributed by atoms with Gasteiger partial charge < -0.3 is 15.5 Å². The Kier molecular flexibility index (Phi) is 10.3. The minimum Gasteiger partial charge on any atom is -0.356 e. The average molecular weight is 500 g/mol. The number of benzene rings is 1. The van der Waals surface area contributed by atoms with Crippen LogP contribution in [0.1, 0.15) is 61.9 Å². The van der Waals surface area contributed by atoms with Crippen molar-refractivity contribution in [2.75, 3.05) is 27.7 Å². The molecule has 1 fully saturated rings. The van der Waals surface area contributed by atoms with E-state index in [0.717, 1.165) is 24.0 Å². The summed E-state index contributed by atoms with van der Waals surface area (Å²) in [4.78, 5) is 17.9. The van der Waals surface area contributed by atoms with Gasteiger partial charge in [0.2, 0.25) is 0 Å². The van der Waals surface area contributed by atoms with E-state index in [1.165, 1.54) is 32.1 Å². The first-order valence-electron chi connectivity index (χ1n) is 10.1. The highest BCUT2D eigenvalue weighted by Crippen LogP contribution is 2.42. The summed E-state index contributed by atoms with van der Waals surface area (Å²) < 4.78 is 0. The van der Waals surface area contributed by atoms with Crippen LogP contribution in [0.5, 0.6) is 0 Å². The van der Waals surface area contributed by atoms with E-state index in [2.05, 4.69) is 29.5 Å². The van der Waals surface area contributed by atoms with Crippen molar-refractivity contribution >= 4 is 35.8 Å². The lowest BCUT2D eigenvalue weighted by molar-refractivity contribution is 0.0827. The highest BCUT2D eigenvalue weighted by Gasteiger charge is 2.34. The molecule has 1 aromatic rings. The van der Waals surface area contributed by atoms with Crippen LogP contribution in [0.4, 0.5) is 0 Å². The third-order valence-electron chi connectivity index (χ3n) is 5.43. The van der Waals surface area contributed by atoms with Crippen molar-refractivity contribution < 1.29 is 4.79 Å². The van der Waals surface area contributed by atoms with E-state index < -0.39 is 0 Å². The van der Waals surface area contributed by atoms with Gasteiger partial charge in [-0.05, 0) is 48.3 Å². The normalized spacial score (nSPS) is 15.9. The van der Waals surface area contributed by atoms with Crippen molar-refractivity contribution in [3.05, 3.63) is 35.4 Å². The van der Waals surface area contributed by atoms with Crippen molar-refractivity contribution in [2.24, 2.45) is 16.3 Å². The molecule has 0 saturated heterocycles. The summed E-state index contributed by atoms with van der Waals surface area (Å²) in [5, 5.41) is 6.95. The van der Waals surface area contributed by atoms with Gasteiger partial charge in [0.15, 0.2) is 5.96 Å². The highest BCUT2D eigenvalue weighted by atomic mass is 127. The zero-order valence-electron chi connectivity index (χ0n) is 18.0. The third kappa shape index (κ3) is 7.26. The fraction of sp³-hybridized carbons (Fsp3) is 0.636. The topological polar surface area (TPSA) is 56.7 Å². The minimum atomic E-state index is 0. The lowest BCUT2D eigenvalue weighted by atomic mass is 9.78. The van der Waals surface area contributed by atoms with Gasteiger partial charge >= 0.3 is 0 Å². The molecule has 0 aliphatic heterocycles. The molecule has 6 heteroatoms. The van der Waals surface area contributed by atoms with E-state index >= 15 is 0 Å². The summed E-state index contributed by atoms with van der Waals surface area (Å²) in [7, 11) is 5.35. The lowest BCUT2D eigenvalue weighted by Gasteiger charge is -2.32. The maximum absolute atomic E-state index is 12.0. The molecule has 0 heterocycles. The predicted molar refractivity (Wildman–Crippen MR) is 128 cm³/mol. The average Bonchev–Trinajstić information content (AvgIpc) is 3.09. The summed E-state index contributed by atoms with van der Waals surface area (Å²) in [6.07, 6.45) is 6.60. The summed E-state index contributed by atoms with van der Waals surface area (Å²) in [5.74, 6) is 1.60. The molecule has 0 bridgehead atoms. The van der Waals surface area contributed by atoms with E-state index in [9.17, 15) is 4.79 Å². The number of carbonyl (C=O) groups excluding carboxylic acids is 1. The molecule has 0 spiro atoms. The van der Waals surface area contributed by atoms with Gasteiger partial charge in [-0.3, -0.25) is 9.79 Å². The lowest BCUT2D eigenvalue weighted by Crippen LogP contribution is -2.43. The molecule has 2 rings (SSSR count). The van der Waals surface area contributed by atoms with Crippen molar-refractivity contribution in [2.45, 2.75) is 52.5 Å². The van der Waals surface area contributed by atoms with E-state index in [1.807, 2.05) is 31.3 Å². The number of hydrogen-bond donors (Lipinski definition) is 2. The standard InChI is InChI=1S/C22H36N4O.HI/c1-17(2)14-22(12-6-7-13-22)16-25-21(23-3)24-15-18-8-10-19(11-9-18)20(27)26(4)5;/h8-11,17H,6-7,12-16H2,1-5H3,(H2,23,24,25);1H. The summed E-state index contributed by atoms with van der Waals surface area (Å²) in [5.41, 5.74) is 2.26. The Morgan fingerprint density at radius 2 is 1.75 bits per heavy atom. The second-order valence-electron chi connectivity index (χ2n) is 8.48. The van der Waals surface area contributed by atoms with E-state index in [-0.39, 0.29) is 29.9 Å². The molecular weight excluding hydrogens is 463 g/mol. The molecule has 28 heavy (non-hydrogen) atoms. The summed E-state index contributed by atoms with van der Waals surface area (Å²) in [6, 6.07) is 7.75. The summed E-state index contributed by atoms with van der Waals surface area (Å²) >= 11 is 0. The number of halogens is 1. The number of carbonyl (C=O) groups is 1. The van der Waals surface area contributed by atoms with Crippen LogP contribution >= 0.6 is 24.0 Å². The molecule has 2 N–H and O–H groups in total. The van der Waals surface area contributed by atoms with Gasteiger partial charge in [0.05, 0.1) is 0 Å². The van der Waals surface area contributed by atoms with E-state index in [0.29, 0.717) is 17.5 Å². The molecular formula is C22H37IN4O. The van der Waals surface area contributed by atoms with Gasteiger partial charge in [0.1, 0.15) is 0 Å². The fourth-order valence-electron chi connectivity index (χ4n) is 4.15. The first-order chi connectivity index (χ1) is 12.8. The Labute approximate surface area is 187 Å². The highest BCUT2D eigenvalue weighted by molar-refractivity contribution is 14.0. The summed E-state index contributed by atoms with van der Waals surface area (Å²) in [6.45, 7) is 6.31. The smallest absolute Gasteiger partial charge is 0.253 e. The number of hydrogen-bond acceptors (Lipinski definition) is 2. The minimum absolute atomic E-state index is 0. The number of amides is 1. The molecule has 0 atom stereocenters. The molecule has 1 aromatic carbocycles. The SMILES string of the molecule is CN=C(NCc1ccc(C(=O)N(C)C)cc1)NCC1(CC(C)C)CCCC1.I. The molecule has 1 aliphatic carbocycles. The number of nitrogens with one attached hydrogen (secondary N) is 2. The van der Waals surface area contributed by atoms with Crippen LogP contribution in [0.2, 0.25) is 0 Å². The van der Waals surface area contributed by atoms with Crippen LogP contribution < -0.4 is 10.6 Å². The van der Waals surface area contributed by atoms with Crippen molar-refractivity contribution in [3.8, 4) is 0 Å². The number of rotatable bonds is 7. The van der Waals surface area contributed by atoms with Crippen molar-refractivity contribution in [1.29, 1.82) is 0 Å². The van der Waals surface area contributed by atoms with Crippen LogP contribution in [0, 0.1) is 11.3 Å². The van der Waals surface area contributed by atoms with Crippen LogP contribution in [-0.2, 0) is 6.54 Å². The van der Waals surface area contributed by atoms with Crippen LogP contribution in [0.15, 0.2) is 29.3 Å². The van der Waals surface area contributed by atoms with Crippen LogP contribution in [-0.4, -0.2) is 44.5 Å². The maximum Gasteiger partial charge on any atom is 0.253 e. The quantitative estimate of drug-likeness (QED) is 0.334. The molecule has 1 aliphatic rings. The molecule has 158 valence electrons. The van der Waals surface area contributed by atoms with Crippen molar-refractivity contribution in [1.82, 2.24) is 15.5 Å². The van der Waals surface area contributed by atoms with Gasteiger partial charge in [-0.25, -0.2) is 0 Å². The molecule has 0 unspecified atom stereocenters. The molecule has 5 nitrogen and oxygen atoms in total. The van der Waals surface area contributed by atoms with Crippen molar-refractivity contribution in [3.63, 3.8) is 0 Å². The zero-order valence-corrected chi connectivity index (χ0v) is 20.4. The fourth-order valence-corrected chi connectivity index (χ4v) is 4.15. The Hall–Kier alpha value is -1.31. The van der Waals surface area contributed by atoms with Gasteiger partial charge in [0, 0.05) is 39.8 Å². The Morgan fingerprint density at radius 1 is 1.14 bits per heavy atom. The number of aliphatic imine (C=N–C) groups is 1. The molecule has 0 aromatic heterocycles. The molecule has 1 saturated carbocycles. The van der Waals surface area contributed by atoms with Crippen LogP contribution in [0.25, 0.3) is 0 Å². The Bertz CT molecular complexity index is 634. The molecule has 0 radical (unpaired) electrons. The second-order valence-corrected chi connectivity index (χ2v) is 8.48. The van der Waals surface area contributed by atoms with E-state index in [4.69, 9.17) is 0 Å².